The molecule has 0 radical (unpaired) electrons. The van der Waals surface area contributed by atoms with Gasteiger partial charge in [-0.2, -0.15) is 11.3 Å². The van der Waals surface area contributed by atoms with E-state index in [4.69, 9.17) is 2.74 Å². The van der Waals surface area contributed by atoms with Gasteiger partial charge in [-0.3, -0.25) is 0 Å². The van der Waals surface area contributed by atoms with E-state index in [1.54, 1.807) is 29.5 Å². The standard InChI is InChI=1S/C10H8S/c1-2-4-9(5-3-1)10-6-7-11-8-10/h1-8H/i2D,5D. The Kier molecular flexibility index (Phi) is 1.24. The number of hydrogen-bond acceptors (Lipinski definition) is 1. The average Bonchev–Trinajstić information content (AvgIpc) is 2.61. The highest BCUT2D eigenvalue weighted by atomic mass is 32.1. The van der Waals surface area contributed by atoms with Crippen LogP contribution in [0, 0.1) is 0 Å². The Morgan fingerprint density at radius 3 is 3.00 bits per heavy atom. The summed E-state index contributed by atoms with van der Waals surface area (Å²) in [7, 11) is 0. The highest BCUT2D eigenvalue weighted by Crippen LogP contribution is 2.20. The lowest BCUT2D eigenvalue weighted by atomic mass is 10.1. The van der Waals surface area contributed by atoms with Crippen molar-refractivity contribution in [2.75, 3.05) is 0 Å². The molecule has 0 N–H and O–H groups in total. The smallest absolute Gasteiger partial charge is 0.0629 e. The van der Waals surface area contributed by atoms with Gasteiger partial charge in [0.05, 0.1) is 2.74 Å². The molecule has 0 unspecified atom stereocenters. The SMILES string of the molecule is [2H]c1ccc([2H])c(-c2ccsc2)c1. The van der Waals surface area contributed by atoms with Crippen molar-refractivity contribution < 1.29 is 2.74 Å². The number of hydrogen-bond donors (Lipinski definition) is 0. The zero-order valence-corrected chi connectivity index (χ0v) is 6.69. The maximum absolute atomic E-state index is 7.66. The largest absolute Gasteiger partial charge is 0.152 e. The summed E-state index contributed by atoms with van der Waals surface area (Å²) in [5.74, 6) is 0. The van der Waals surface area contributed by atoms with Gasteiger partial charge in [-0.15, -0.1) is 0 Å². The Morgan fingerprint density at radius 2 is 2.18 bits per heavy atom. The van der Waals surface area contributed by atoms with Crippen LogP contribution < -0.4 is 0 Å². The van der Waals surface area contributed by atoms with E-state index in [2.05, 4.69) is 0 Å². The molecule has 0 bridgehead atoms. The zero-order chi connectivity index (χ0) is 9.26. The maximum Gasteiger partial charge on any atom is 0.0629 e. The molecule has 0 aliphatic rings. The van der Waals surface area contributed by atoms with Crippen molar-refractivity contribution >= 4 is 11.3 Å². The Labute approximate surface area is 72.9 Å². The van der Waals surface area contributed by atoms with E-state index in [1.807, 2.05) is 16.8 Å². The second-order valence-electron chi connectivity index (χ2n) is 2.21. The summed E-state index contributed by atoms with van der Waals surface area (Å²) < 4.78 is 15.1. The molecule has 0 atom stereocenters. The van der Waals surface area contributed by atoms with Crippen molar-refractivity contribution in [3.05, 3.63) is 47.1 Å². The van der Waals surface area contributed by atoms with Gasteiger partial charge in [-0.25, -0.2) is 0 Å². The number of benzene rings is 1. The van der Waals surface area contributed by atoms with Gasteiger partial charge >= 0.3 is 0 Å². The number of thiophene rings is 1. The molecule has 0 nitrogen and oxygen atoms in total. The third-order valence-corrected chi connectivity index (χ3v) is 2.16. The summed E-state index contributed by atoms with van der Waals surface area (Å²) in [4.78, 5) is 0. The van der Waals surface area contributed by atoms with Gasteiger partial charge in [0.15, 0.2) is 0 Å². The van der Waals surface area contributed by atoms with Crippen molar-refractivity contribution in [3.63, 3.8) is 0 Å². The topological polar surface area (TPSA) is 0 Å². The average molecular weight is 162 g/mol. The third-order valence-electron chi connectivity index (χ3n) is 1.48. The molecule has 11 heavy (non-hydrogen) atoms. The minimum Gasteiger partial charge on any atom is -0.152 e. The Hall–Kier alpha value is -1.08. The molecule has 54 valence electrons. The molecular weight excluding hydrogens is 152 g/mol. The Balaban J connectivity index is 2.57. The fourth-order valence-corrected chi connectivity index (χ4v) is 1.59. The number of rotatable bonds is 1. The van der Waals surface area contributed by atoms with Gasteiger partial charge in [-0.1, -0.05) is 30.3 Å². The molecule has 1 aromatic carbocycles. The van der Waals surface area contributed by atoms with E-state index in [0.717, 1.165) is 11.1 Å². The Morgan fingerprint density at radius 1 is 1.18 bits per heavy atom. The molecule has 0 saturated carbocycles. The highest BCUT2D eigenvalue weighted by Gasteiger charge is 1.93. The molecule has 2 rings (SSSR count). The quantitative estimate of drug-likeness (QED) is 0.602. The van der Waals surface area contributed by atoms with Crippen LogP contribution in [0.25, 0.3) is 11.1 Å². The lowest BCUT2D eigenvalue weighted by Gasteiger charge is -1.93. The molecule has 1 aromatic heterocycles. The molecule has 0 aliphatic carbocycles. The van der Waals surface area contributed by atoms with Gasteiger partial charge in [0.2, 0.25) is 0 Å². The van der Waals surface area contributed by atoms with Crippen molar-refractivity contribution in [1.29, 1.82) is 0 Å². The lowest BCUT2D eigenvalue weighted by molar-refractivity contribution is 1.68. The van der Waals surface area contributed by atoms with Gasteiger partial charge < -0.3 is 0 Å². The van der Waals surface area contributed by atoms with Crippen LogP contribution in [0.15, 0.2) is 47.1 Å². The second kappa shape index (κ2) is 2.89. The first kappa shape index (κ1) is 4.73. The monoisotopic (exact) mass is 162 g/mol. The minimum atomic E-state index is 0.456. The molecular formula is C10H8S. The molecule has 0 spiro atoms. The Bertz CT molecular complexity index is 407. The molecule has 0 fully saturated rings. The molecule has 1 heterocycles. The fourth-order valence-electron chi connectivity index (χ4n) is 0.937. The summed E-state index contributed by atoms with van der Waals surface area (Å²) >= 11 is 1.60. The molecule has 0 aliphatic heterocycles. The van der Waals surface area contributed by atoms with Crippen LogP contribution in [-0.2, 0) is 0 Å². The predicted molar refractivity (Wildman–Crippen MR) is 49.8 cm³/mol. The van der Waals surface area contributed by atoms with E-state index in [-0.39, 0.29) is 0 Å². The molecule has 1 heteroatoms. The van der Waals surface area contributed by atoms with Crippen LogP contribution in [0.2, 0.25) is 0 Å². The first-order valence-corrected chi connectivity index (χ1v) is 4.31. The highest BCUT2D eigenvalue weighted by molar-refractivity contribution is 7.08. The van der Waals surface area contributed by atoms with Crippen LogP contribution in [-0.4, -0.2) is 0 Å². The first-order chi connectivity index (χ1) is 6.27. The van der Waals surface area contributed by atoms with Crippen LogP contribution in [0.4, 0.5) is 0 Å². The van der Waals surface area contributed by atoms with E-state index in [1.165, 1.54) is 0 Å². The molecule has 0 saturated heterocycles. The summed E-state index contributed by atoms with van der Waals surface area (Å²) in [6.07, 6.45) is 0. The van der Waals surface area contributed by atoms with Gasteiger partial charge in [0.1, 0.15) is 0 Å². The van der Waals surface area contributed by atoms with Crippen molar-refractivity contribution in [2.45, 2.75) is 0 Å². The van der Waals surface area contributed by atoms with Crippen LogP contribution in [0.5, 0.6) is 0 Å². The van der Waals surface area contributed by atoms with E-state index in [9.17, 15) is 0 Å². The van der Waals surface area contributed by atoms with Crippen LogP contribution in [0.3, 0.4) is 0 Å². The normalized spacial score (nSPS) is 12.4. The van der Waals surface area contributed by atoms with E-state index in [0.29, 0.717) is 12.1 Å². The summed E-state index contributed by atoms with van der Waals surface area (Å²) in [5, 5.41) is 3.97. The zero-order valence-electron chi connectivity index (χ0n) is 7.87. The summed E-state index contributed by atoms with van der Waals surface area (Å²) in [5.41, 5.74) is 1.87. The van der Waals surface area contributed by atoms with Crippen molar-refractivity contribution in [1.82, 2.24) is 0 Å². The van der Waals surface area contributed by atoms with Gasteiger partial charge in [0, 0.05) is 0 Å². The predicted octanol–water partition coefficient (Wildman–Crippen LogP) is 3.42. The van der Waals surface area contributed by atoms with Gasteiger partial charge in [-0.05, 0) is 28.0 Å². The summed E-state index contributed by atoms with van der Waals surface area (Å²) in [6.45, 7) is 0. The van der Waals surface area contributed by atoms with Gasteiger partial charge in [0.25, 0.3) is 0 Å². The fraction of sp³-hybridized carbons (Fsp3) is 0. The van der Waals surface area contributed by atoms with Crippen LogP contribution in [0.1, 0.15) is 2.74 Å². The molecule has 2 aromatic rings. The van der Waals surface area contributed by atoms with Crippen LogP contribution >= 0.6 is 11.3 Å². The van der Waals surface area contributed by atoms with E-state index < -0.39 is 0 Å². The maximum atomic E-state index is 7.66. The van der Waals surface area contributed by atoms with E-state index >= 15 is 0 Å². The lowest BCUT2D eigenvalue weighted by Crippen LogP contribution is -1.68. The minimum absolute atomic E-state index is 0.456. The third kappa shape index (κ3) is 1.33. The second-order valence-corrected chi connectivity index (χ2v) is 2.99. The van der Waals surface area contributed by atoms with Crippen molar-refractivity contribution in [3.8, 4) is 11.1 Å². The van der Waals surface area contributed by atoms with Crippen molar-refractivity contribution in [2.24, 2.45) is 0 Å². The first-order valence-electron chi connectivity index (χ1n) is 4.37. The molecule has 0 amide bonds. The summed E-state index contributed by atoms with van der Waals surface area (Å²) in [6, 6.07) is 7.93.